The highest BCUT2D eigenvalue weighted by atomic mass is 19.1. The van der Waals surface area contributed by atoms with Gasteiger partial charge in [-0.1, -0.05) is 18.2 Å². The van der Waals surface area contributed by atoms with Crippen molar-refractivity contribution in [1.29, 1.82) is 5.26 Å². The number of nitrogens with two attached hydrogens (primary N) is 1. The van der Waals surface area contributed by atoms with E-state index in [9.17, 15) is 14.4 Å². The molecule has 0 bridgehead atoms. The lowest BCUT2D eigenvalue weighted by atomic mass is 10.1. The molecule has 0 unspecified atom stereocenters. The van der Waals surface area contributed by atoms with Crippen molar-refractivity contribution in [2.45, 2.75) is 24.8 Å². The topological polar surface area (TPSA) is 111 Å². The quantitative estimate of drug-likeness (QED) is 0.807. The van der Waals surface area contributed by atoms with Gasteiger partial charge >= 0.3 is 0 Å². The molecule has 1 fully saturated rings. The van der Waals surface area contributed by atoms with Crippen LogP contribution in [0.5, 0.6) is 0 Å². The average molecular weight is 403 g/mol. The largest absolute Gasteiger partial charge is 0.368 e. The van der Waals surface area contributed by atoms with Crippen LogP contribution in [0.25, 0.3) is 0 Å². The van der Waals surface area contributed by atoms with Gasteiger partial charge in [0.25, 0.3) is 5.91 Å². The van der Waals surface area contributed by atoms with Gasteiger partial charge in [-0.3, -0.25) is 9.69 Å². The Morgan fingerprint density at radius 1 is 1.27 bits per heavy atom. The second-order valence-corrected chi connectivity index (χ2v) is 7.50. The monoisotopic (exact) mass is 403 g/mol. The minimum absolute atomic E-state index is 0.0488. The van der Waals surface area contributed by atoms with Gasteiger partial charge in [-0.05, 0) is 25.0 Å². The predicted octanol–water partition coefficient (Wildman–Crippen LogP) is 2.65. The lowest BCUT2D eigenvalue weighted by molar-refractivity contribution is -0.116. The Kier molecular flexibility index (Phi) is 3.96. The molecule has 8 nitrogen and oxygen atoms in total. The van der Waals surface area contributed by atoms with E-state index in [2.05, 4.69) is 21.4 Å². The third-order valence-electron chi connectivity index (χ3n) is 5.58. The molecule has 2 aliphatic heterocycles. The summed E-state index contributed by atoms with van der Waals surface area (Å²) in [6, 6.07) is 11.2. The summed E-state index contributed by atoms with van der Waals surface area (Å²) >= 11 is 0. The molecule has 0 spiro atoms. The molecule has 3 N–H and O–H groups in total. The molecule has 0 radical (unpaired) electrons. The zero-order valence-corrected chi connectivity index (χ0v) is 16.0. The summed E-state index contributed by atoms with van der Waals surface area (Å²) in [5, 5.41) is 12.7. The molecule has 30 heavy (non-hydrogen) atoms. The second kappa shape index (κ2) is 6.56. The molecule has 3 heterocycles. The number of halogens is 1. The van der Waals surface area contributed by atoms with Gasteiger partial charge in [-0.2, -0.15) is 10.2 Å². The first-order chi connectivity index (χ1) is 14.5. The Morgan fingerprint density at radius 3 is 2.73 bits per heavy atom. The van der Waals surface area contributed by atoms with Gasteiger partial charge in [0.15, 0.2) is 0 Å². The van der Waals surface area contributed by atoms with Crippen molar-refractivity contribution >= 4 is 23.4 Å². The SMILES string of the molecule is N#Cc1cnc(N)nc1NC1(C2=CN3CCC(F)=C3C(=O)N2c2ccccc2)CC1. The van der Waals surface area contributed by atoms with Crippen molar-refractivity contribution in [2.24, 2.45) is 0 Å². The Balaban J connectivity index is 1.61. The van der Waals surface area contributed by atoms with Crippen LogP contribution >= 0.6 is 0 Å². The first-order valence-corrected chi connectivity index (χ1v) is 9.60. The molecular weight excluding hydrogens is 385 g/mol. The van der Waals surface area contributed by atoms with Crippen LogP contribution in [-0.4, -0.2) is 32.9 Å². The number of benzene rings is 1. The van der Waals surface area contributed by atoms with Gasteiger partial charge in [0.1, 0.15) is 29.0 Å². The third-order valence-corrected chi connectivity index (χ3v) is 5.58. The lowest BCUT2D eigenvalue weighted by Crippen LogP contribution is -2.47. The normalized spacial score (nSPS) is 19.3. The fraction of sp³-hybridized carbons (Fsp3) is 0.238. The third kappa shape index (κ3) is 2.76. The number of amides is 1. The summed E-state index contributed by atoms with van der Waals surface area (Å²) in [4.78, 5) is 24.6. The van der Waals surface area contributed by atoms with Gasteiger partial charge in [0.05, 0.1) is 17.4 Å². The van der Waals surface area contributed by atoms with E-state index in [0.29, 0.717) is 23.7 Å². The number of nitrogens with one attached hydrogen (secondary N) is 1. The number of nitriles is 1. The fourth-order valence-electron chi connectivity index (χ4n) is 3.93. The first kappa shape index (κ1) is 18.1. The summed E-state index contributed by atoms with van der Waals surface area (Å²) in [5.74, 6) is -0.431. The fourth-order valence-corrected chi connectivity index (χ4v) is 3.93. The van der Waals surface area contributed by atoms with Crippen LogP contribution in [-0.2, 0) is 4.79 Å². The second-order valence-electron chi connectivity index (χ2n) is 7.50. The van der Waals surface area contributed by atoms with E-state index in [1.165, 1.54) is 6.20 Å². The zero-order chi connectivity index (χ0) is 20.9. The van der Waals surface area contributed by atoms with E-state index >= 15 is 0 Å². The maximum atomic E-state index is 14.4. The van der Waals surface area contributed by atoms with Crippen molar-refractivity contribution in [3.05, 3.63) is 65.5 Å². The van der Waals surface area contributed by atoms with Gasteiger partial charge in [0.2, 0.25) is 5.95 Å². The molecule has 2 aromatic rings. The Labute approximate surface area is 172 Å². The van der Waals surface area contributed by atoms with Crippen LogP contribution in [0.4, 0.5) is 21.8 Å². The Hall–Kier alpha value is -3.93. The molecule has 1 aromatic heterocycles. The van der Waals surface area contributed by atoms with Crippen LogP contribution in [0, 0.1) is 11.3 Å². The number of hydrogen-bond donors (Lipinski definition) is 2. The first-order valence-electron chi connectivity index (χ1n) is 9.60. The number of rotatable bonds is 4. The van der Waals surface area contributed by atoms with Crippen LogP contribution in [0.15, 0.2) is 59.9 Å². The van der Waals surface area contributed by atoms with E-state index in [4.69, 9.17) is 5.73 Å². The zero-order valence-electron chi connectivity index (χ0n) is 16.0. The van der Waals surface area contributed by atoms with Gasteiger partial charge in [0, 0.05) is 24.9 Å². The van der Waals surface area contributed by atoms with Crippen LogP contribution < -0.4 is 16.0 Å². The number of carbonyl (C=O) groups is 1. The molecule has 5 rings (SSSR count). The summed E-state index contributed by atoms with van der Waals surface area (Å²) in [7, 11) is 0. The molecule has 1 aliphatic carbocycles. The molecule has 0 saturated heterocycles. The summed E-state index contributed by atoms with van der Waals surface area (Å²) in [6.45, 7) is 0.416. The highest BCUT2D eigenvalue weighted by molar-refractivity contribution is 6.09. The minimum Gasteiger partial charge on any atom is -0.368 e. The van der Waals surface area contributed by atoms with Gasteiger partial charge in [-0.15, -0.1) is 0 Å². The lowest BCUT2D eigenvalue weighted by Gasteiger charge is -2.38. The van der Waals surface area contributed by atoms with Crippen molar-refractivity contribution in [1.82, 2.24) is 14.9 Å². The molecule has 9 heteroatoms. The summed E-state index contributed by atoms with van der Waals surface area (Å²) in [6.07, 6.45) is 4.84. The van der Waals surface area contributed by atoms with Crippen molar-refractivity contribution in [2.75, 3.05) is 22.5 Å². The highest BCUT2D eigenvalue weighted by Crippen LogP contribution is 2.50. The maximum Gasteiger partial charge on any atom is 0.282 e. The van der Waals surface area contributed by atoms with E-state index < -0.39 is 17.3 Å². The number of nitrogens with zero attached hydrogens (tertiary/aromatic N) is 5. The number of anilines is 3. The number of fused-ring (bicyclic) bond motifs is 1. The predicted molar refractivity (Wildman–Crippen MR) is 108 cm³/mol. The Bertz CT molecular complexity index is 1150. The number of carbonyl (C=O) groups excluding carboxylic acids is 1. The summed E-state index contributed by atoms with van der Waals surface area (Å²) < 4.78 is 14.4. The molecule has 1 amide bonds. The molecule has 3 aliphatic rings. The highest BCUT2D eigenvalue weighted by Gasteiger charge is 2.53. The molecule has 0 atom stereocenters. The van der Waals surface area contributed by atoms with Gasteiger partial charge in [-0.25, -0.2) is 9.37 Å². The average Bonchev–Trinajstić information content (AvgIpc) is 3.43. The molecule has 150 valence electrons. The van der Waals surface area contributed by atoms with Crippen LogP contribution in [0.2, 0.25) is 0 Å². The van der Waals surface area contributed by atoms with Crippen LogP contribution in [0.3, 0.4) is 0 Å². The molecule has 1 aromatic carbocycles. The molecule has 1 saturated carbocycles. The number of nitrogen functional groups attached to an aromatic ring is 1. The van der Waals surface area contributed by atoms with E-state index in [0.717, 1.165) is 12.8 Å². The Morgan fingerprint density at radius 2 is 2.03 bits per heavy atom. The van der Waals surface area contributed by atoms with Crippen molar-refractivity contribution in [3.63, 3.8) is 0 Å². The number of aromatic nitrogens is 2. The van der Waals surface area contributed by atoms with Crippen molar-refractivity contribution in [3.8, 4) is 6.07 Å². The number of para-hydroxylation sites is 1. The standard InChI is InChI=1S/C21H18FN7O/c22-15-6-9-28-12-16(29(19(30)17(15)28)14-4-2-1-3-5-14)21(7-8-21)27-18-13(10-23)11-25-20(24)26-18/h1-5,11-12H,6-9H2,(H3,24,25,26,27). The number of hydrogen-bond acceptors (Lipinski definition) is 7. The molecular formula is C21H18FN7O. The smallest absolute Gasteiger partial charge is 0.282 e. The van der Waals surface area contributed by atoms with E-state index in [1.54, 1.807) is 9.80 Å². The van der Waals surface area contributed by atoms with Gasteiger partial charge < -0.3 is 16.0 Å². The minimum atomic E-state index is -0.623. The summed E-state index contributed by atoms with van der Waals surface area (Å²) in [5.41, 5.74) is 6.79. The van der Waals surface area contributed by atoms with E-state index in [-0.39, 0.29) is 23.6 Å². The maximum absolute atomic E-state index is 14.4. The van der Waals surface area contributed by atoms with Crippen LogP contribution in [0.1, 0.15) is 24.8 Å². The van der Waals surface area contributed by atoms with E-state index in [1.807, 2.05) is 36.5 Å². The van der Waals surface area contributed by atoms with Crippen molar-refractivity contribution < 1.29 is 9.18 Å².